The third kappa shape index (κ3) is 1.10. The molecule has 0 atom stereocenters. The molecule has 2 nitrogen and oxygen atoms in total. The fraction of sp³-hybridized carbons (Fsp3) is 1.00. The summed E-state index contributed by atoms with van der Waals surface area (Å²) >= 11 is 0. The molecule has 1 fully saturated rings. The SMILES string of the molecule is CCN(C)C1(C)CNC1. The van der Waals surface area contributed by atoms with Crippen LogP contribution in [0.3, 0.4) is 0 Å². The zero-order valence-corrected chi connectivity index (χ0v) is 6.57. The van der Waals surface area contributed by atoms with Crippen molar-refractivity contribution in [3.8, 4) is 0 Å². The van der Waals surface area contributed by atoms with Crippen LogP contribution in [0.4, 0.5) is 0 Å². The second-order valence-corrected chi connectivity index (χ2v) is 3.11. The maximum Gasteiger partial charge on any atom is 0.0426 e. The van der Waals surface area contributed by atoms with Gasteiger partial charge in [0.05, 0.1) is 0 Å². The average Bonchev–Trinajstić information content (AvgIpc) is 1.81. The molecule has 9 heavy (non-hydrogen) atoms. The van der Waals surface area contributed by atoms with Gasteiger partial charge in [-0.1, -0.05) is 6.92 Å². The van der Waals surface area contributed by atoms with E-state index in [0.717, 1.165) is 19.6 Å². The van der Waals surface area contributed by atoms with Gasteiger partial charge in [-0.2, -0.15) is 0 Å². The van der Waals surface area contributed by atoms with Crippen molar-refractivity contribution in [1.82, 2.24) is 10.2 Å². The molecule has 2 heteroatoms. The smallest absolute Gasteiger partial charge is 0.0426 e. The molecule has 0 radical (unpaired) electrons. The summed E-state index contributed by atoms with van der Waals surface area (Å²) in [5, 5.41) is 3.28. The lowest BCUT2D eigenvalue weighted by Gasteiger charge is -2.46. The molecule has 0 spiro atoms. The summed E-state index contributed by atoms with van der Waals surface area (Å²) in [4.78, 5) is 2.39. The molecule has 0 aromatic heterocycles. The predicted molar refractivity (Wildman–Crippen MR) is 39.6 cm³/mol. The normalized spacial score (nSPS) is 24.0. The molecule has 0 aliphatic carbocycles. The second-order valence-electron chi connectivity index (χ2n) is 3.11. The van der Waals surface area contributed by atoms with Crippen molar-refractivity contribution in [3.05, 3.63) is 0 Å². The summed E-state index contributed by atoms with van der Waals surface area (Å²) in [5.74, 6) is 0. The number of likely N-dealkylation sites (N-methyl/N-ethyl adjacent to an activating group) is 1. The van der Waals surface area contributed by atoms with Gasteiger partial charge >= 0.3 is 0 Å². The standard InChI is InChI=1S/C7H16N2/c1-4-9(3)7(2)5-8-6-7/h8H,4-6H2,1-3H3. The van der Waals surface area contributed by atoms with Gasteiger partial charge in [-0.25, -0.2) is 0 Å². The molecule has 0 amide bonds. The number of hydrogen-bond acceptors (Lipinski definition) is 2. The lowest BCUT2D eigenvalue weighted by molar-refractivity contribution is 0.0848. The molecule has 1 aliphatic heterocycles. The fourth-order valence-electron chi connectivity index (χ4n) is 1.14. The highest BCUT2D eigenvalue weighted by Gasteiger charge is 2.34. The molecular weight excluding hydrogens is 112 g/mol. The van der Waals surface area contributed by atoms with Gasteiger partial charge in [0.2, 0.25) is 0 Å². The first kappa shape index (κ1) is 7.03. The van der Waals surface area contributed by atoms with Crippen molar-refractivity contribution in [1.29, 1.82) is 0 Å². The molecule has 0 unspecified atom stereocenters. The molecular formula is C7H16N2. The largest absolute Gasteiger partial charge is 0.313 e. The van der Waals surface area contributed by atoms with Crippen LogP contribution in [0.5, 0.6) is 0 Å². The van der Waals surface area contributed by atoms with Crippen LogP contribution in [0.15, 0.2) is 0 Å². The van der Waals surface area contributed by atoms with Crippen LogP contribution in [-0.4, -0.2) is 37.1 Å². The van der Waals surface area contributed by atoms with Crippen molar-refractivity contribution >= 4 is 0 Å². The van der Waals surface area contributed by atoms with E-state index in [-0.39, 0.29) is 0 Å². The van der Waals surface area contributed by atoms with Crippen molar-refractivity contribution < 1.29 is 0 Å². The average molecular weight is 128 g/mol. The van der Waals surface area contributed by atoms with Crippen LogP contribution in [0, 0.1) is 0 Å². The zero-order valence-electron chi connectivity index (χ0n) is 6.57. The van der Waals surface area contributed by atoms with E-state index in [1.165, 1.54) is 0 Å². The summed E-state index contributed by atoms with van der Waals surface area (Å²) in [7, 11) is 2.18. The van der Waals surface area contributed by atoms with Gasteiger partial charge in [0.15, 0.2) is 0 Å². The van der Waals surface area contributed by atoms with E-state index < -0.39 is 0 Å². The summed E-state index contributed by atoms with van der Waals surface area (Å²) in [6.45, 7) is 7.95. The minimum atomic E-state index is 0.453. The first-order chi connectivity index (χ1) is 4.19. The first-order valence-electron chi connectivity index (χ1n) is 3.61. The zero-order chi connectivity index (χ0) is 6.91. The Hall–Kier alpha value is -0.0800. The van der Waals surface area contributed by atoms with E-state index in [1.54, 1.807) is 0 Å². The Morgan fingerprint density at radius 1 is 1.56 bits per heavy atom. The summed E-state index contributed by atoms with van der Waals surface area (Å²) in [6.07, 6.45) is 0. The van der Waals surface area contributed by atoms with Crippen LogP contribution in [-0.2, 0) is 0 Å². The summed E-state index contributed by atoms with van der Waals surface area (Å²) in [5.41, 5.74) is 0.453. The Morgan fingerprint density at radius 3 is 2.22 bits per heavy atom. The van der Waals surface area contributed by atoms with Crippen molar-refractivity contribution in [2.75, 3.05) is 26.7 Å². The van der Waals surface area contributed by atoms with E-state index in [1.807, 2.05) is 0 Å². The maximum atomic E-state index is 3.28. The summed E-state index contributed by atoms with van der Waals surface area (Å²) in [6, 6.07) is 0. The molecule has 0 bridgehead atoms. The van der Waals surface area contributed by atoms with E-state index >= 15 is 0 Å². The molecule has 1 N–H and O–H groups in total. The van der Waals surface area contributed by atoms with Gasteiger partial charge in [-0.3, -0.25) is 4.90 Å². The molecule has 0 aromatic carbocycles. The highest BCUT2D eigenvalue weighted by Crippen LogP contribution is 2.16. The Kier molecular flexibility index (Phi) is 1.78. The molecule has 1 heterocycles. The molecule has 0 aromatic rings. The molecule has 0 saturated carbocycles. The Balaban J connectivity index is 2.38. The van der Waals surface area contributed by atoms with Crippen LogP contribution in [0.1, 0.15) is 13.8 Å². The monoisotopic (exact) mass is 128 g/mol. The number of nitrogens with one attached hydrogen (secondary N) is 1. The summed E-state index contributed by atoms with van der Waals surface area (Å²) < 4.78 is 0. The van der Waals surface area contributed by atoms with E-state index in [9.17, 15) is 0 Å². The van der Waals surface area contributed by atoms with E-state index in [0.29, 0.717) is 5.54 Å². The number of rotatable bonds is 2. The van der Waals surface area contributed by atoms with Gasteiger partial charge in [-0.05, 0) is 20.5 Å². The van der Waals surface area contributed by atoms with Gasteiger partial charge < -0.3 is 5.32 Å². The van der Waals surface area contributed by atoms with Crippen molar-refractivity contribution in [2.24, 2.45) is 0 Å². The highest BCUT2D eigenvalue weighted by molar-refractivity contribution is 4.96. The third-order valence-electron chi connectivity index (χ3n) is 2.41. The van der Waals surface area contributed by atoms with E-state index in [2.05, 4.69) is 31.1 Å². The minimum absolute atomic E-state index is 0.453. The minimum Gasteiger partial charge on any atom is -0.313 e. The van der Waals surface area contributed by atoms with Gasteiger partial charge in [0.25, 0.3) is 0 Å². The molecule has 1 saturated heterocycles. The van der Waals surface area contributed by atoms with E-state index in [4.69, 9.17) is 0 Å². The molecule has 1 aliphatic rings. The van der Waals surface area contributed by atoms with Crippen molar-refractivity contribution in [2.45, 2.75) is 19.4 Å². The maximum absolute atomic E-state index is 3.28. The lowest BCUT2D eigenvalue weighted by Crippen LogP contribution is -2.65. The second kappa shape index (κ2) is 2.27. The Morgan fingerprint density at radius 2 is 2.11 bits per heavy atom. The van der Waals surface area contributed by atoms with Crippen molar-refractivity contribution in [3.63, 3.8) is 0 Å². The third-order valence-corrected chi connectivity index (χ3v) is 2.41. The topological polar surface area (TPSA) is 15.3 Å². The number of hydrogen-bond donors (Lipinski definition) is 1. The predicted octanol–water partition coefficient (Wildman–Crippen LogP) is 0.300. The molecule has 54 valence electrons. The van der Waals surface area contributed by atoms with Crippen LogP contribution in [0.2, 0.25) is 0 Å². The fourth-order valence-corrected chi connectivity index (χ4v) is 1.14. The van der Waals surface area contributed by atoms with Gasteiger partial charge in [0.1, 0.15) is 0 Å². The molecule has 1 rings (SSSR count). The van der Waals surface area contributed by atoms with Crippen LogP contribution < -0.4 is 5.32 Å². The lowest BCUT2D eigenvalue weighted by atomic mass is 9.93. The Labute approximate surface area is 57.2 Å². The Bertz CT molecular complexity index is 97.1. The quantitative estimate of drug-likeness (QED) is 0.575. The number of nitrogens with zero attached hydrogens (tertiary/aromatic N) is 1. The first-order valence-corrected chi connectivity index (χ1v) is 3.61. The van der Waals surface area contributed by atoms with Gasteiger partial charge in [0, 0.05) is 18.6 Å². The van der Waals surface area contributed by atoms with Gasteiger partial charge in [-0.15, -0.1) is 0 Å². The van der Waals surface area contributed by atoms with Crippen LogP contribution in [0.25, 0.3) is 0 Å². The highest BCUT2D eigenvalue weighted by atomic mass is 15.3. The van der Waals surface area contributed by atoms with Crippen LogP contribution >= 0.6 is 0 Å².